The summed E-state index contributed by atoms with van der Waals surface area (Å²) in [6.07, 6.45) is 0.731. The fourth-order valence-electron chi connectivity index (χ4n) is 4.64. The van der Waals surface area contributed by atoms with Crippen molar-refractivity contribution in [1.82, 2.24) is 9.88 Å². The number of rotatable bonds is 1. The van der Waals surface area contributed by atoms with Crippen LogP contribution in [0.5, 0.6) is 0 Å². The molecule has 2 aliphatic heterocycles. The second-order valence-electron chi connectivity index (χ2n) is 7.63. The summed E-state index contributed by atoms with van der Waals surface area (Å²) < 4.78 is 0. The Morgan fingerprint density at radius 3 is 2.67 bits per heavy atom. The van der Waals surface area contributed by atoms with Crippen LogP contribution in [0.25, 0.3) is 10.9 Å². The summed E-state index contributed by atoms with van der Waals surface area (Å²) >= 11 is 0. The molecule has 0 saturated heterocycles. The predicted octanol–water partition coefficient (Wildman–Crippen LogP) is 3.40. The molecule has 27 heavy (non-hydrogen) atoms. The first kappa shape index (κ1) is 16.1. The van der Waals surface area contributed by atoms with Gasteiger partial charge in [-0.1, -0.05) is 50.2 Å². The van der Waals surface area contributed by atoms with Crippen LogP contribution in [0.3, 0.4) is 0 Å². The number of carbonyl (C=O) groups is 2. The van der Waals surface area contributed by atoms with E-state index in [1.807, 2.05) is 56.3 Å². The van der Waals surface area contributed by atoms with Crippen LogP contribution in [-0.4, -0.2) is 28.2 Å². The number of nitrogens with zero attached hydrogens (tertiary/aromatic N) is 1. The number of carbonyl (C=O) groups excluding carboxylic acids is 2. The van der Waals surface area contributed by atoms with Gasteiger partial charge in [0.1, 0.15) is 0 Å². The molecule has 1 spiro atoms. The Labute approximate surface area is 157 Å². The van der Waals surface area contributed by atoms with Crippen LogP contribution in [0.2, 0.25) is 0 Å². The van der Waals surface area contributed by atoms with Crippen molar-refractivity contribution in [2.75, 3.05) is 11.9 Å². The maximum absolute atomic E-state index is 13.5. The molecule has 1 aromatic heterocycles. The third-order valence-corrected chi connectivity index (χ3v) is 5.82. The molecular formula is C22H21N3O2. The average Bonchev–Trinajstić information content (AvgIpc) is 3.19. The van der Waals surface area contributed by atoms with E-state index in [-0.39, 0.29) is 17.7 Å². The third-order valence-electron chi connectivity index (χ3n) is 5.82. The molecule has 3 heterocycles. The average molecular weight is 359 g/mol. The highest BCUT2D eigenvalue weighted by molar-refractivity contribution is 6.11. The van der Waals surface area contributed by atoms with Gasteiger partial charge >= 0.3 is 0 Å². The second kappa shape index (κ2) is 5.46. The smallest absolute Gasteiger partial charge is 0.261 e. The molecule has 3 aromatic rings. The lowest BCUT2D eigenvalue weighted by atomic mass is 9.79. The minimum atomic E-state index is -1.13. The summed E-state index contributed by atoms with van der Waals surface area (Å²) in [5.41, 5.74) is 3.44. The molecule has 2 aromatic carbocycles. The Morgan fingerprint density at radius 1 is 1.11 bits per heavy atom. The number of benzene rings is 2. The van der Waals surface area contributed by atoms with Crippen LogP contribution in [0.1, 0.15) is 30.7 Å². The monoisotopic (exact) mass is 359 g/mol. The van der Waals surface area contributed by atoms with Gasteiger partial charge in [0.25, 0.3) is 5.91 Å². The van der Waals surface area contributed by atoms with E-state index in [0.29, 0.717) is 6.54 Å². The molecule has 5 heteroatoms. The molecule has 0 saturated carbocycles. The Morgan fingerprint density at radius 2 is 1.85 bits per heavy atom. The molecule has 0 fully saturated rings. The van der Waals surface area contributed by atoms with Crippen molar-refractivity contribution in [3.8, 4) is 0 Å². The van der Waals surface area contributed by atoms with Crippen LogP contribution in [-0.2, 0) is 21.5 Å². The summed E-state index contributed by atoms with van der Waals surface area (Å²) in [4.78, 5) is 31.9. The minimum absolute atomic E-state index is 0.00819. The molecule has 2 N–H and O–H groups in total. The van der Waals surface area contributed by atoms with Crippen molar-refractivity contribution in [3.63, 3.8) is 0 Å². The number of nitrogens with one attached hydrogen (secondary N) is 2. The highest BCUT2D eigenvalue weighted by Crippen LogP contribution is 2.49. The zero-order chi connectivity index (χ0) is 18.8. The Balaban J connectivity index is 1.87. The number of para-hydroxylation sites is 2. The van der Waals surface area contributed by atoms with E-state index >= 15 is 0 Å². The van der Waals surface area contributed by atoms with Crippen molar-refractivity contribution >= 4 is 28.4 Å². The summed E-state index contributed by atoms with van der Waals surface area (Å²) in [7, 11) is 0. The van der Waals surface area contributed by atoms with Crippen LogP contribution in [0.15, 0.2) is 48.5 Å². The maximum Gasteiger partial charge on any atom is 0.261 e. The van der Waals surface area contributed by atoms with Crippen molar-refractivity contribution < 1.29 is 9.59 Å². The molecule has 2 aliphatic rings. The van der Waals surface area contributed by atoms with Gasteiger partial charge in [-0.3, -0.25) is 9.59 Å². The quantitative estimate of drug-likeness (QED) is 0.699. The van der Waals surface area contributed by atoms with Gasteiger partial charge in [0.05, 0.1) is 5.69 Å². The fourth-order valence-corrected chi connectivity index (χ4v) is 4.64. The van der Waals surface area contributed by atoms with Crippen LogP contribution < -0.4 is 5.32 Å². The first-order valence-electron chi connectivity index (χ1n) is 9.37. The minimum Gasteiger partial charge on any atom is -0.355 e. The molecule has 2 amide bonds. The van der Waals surface area contributed by atoms with Gasteiger partial charge in [-0.25, -0.2) is 0 Å². The van der Waals surface area contributed by atoms with Gasteiger partial charge in [-0.05, 0) is 24.1 Å². The molecule has 0 aliphatic carbocycles. The van der Waals surface area contributed by atoms with E-state index in [4.69, 9.17) is 0 Å². The first-order valence-corrected chi connectivity index (χ1v) is 9.37. The summed E-state index contributed by atoms with van der Waals surface area (Å²) in [5, 5.41) is 4.14. The standard InChI is InChI=1S/C22H21N3O2/c1-13(2)20(26)25-12-11-15-14-7-3-5-9-17(14)23-19(15)22(25)16-8-4-6-10-18(16)24-21(22)27/h3-10,13,23H,11-12H2,1-2H3,(H,24,27)/t22-/m1/s1. The number of aromatic amines is 1. The lowest BCUT2D eigenvalue weighted by Gasteiger charge is -2.43. The number of hydrogen-bond acceptors (Lipinski definition) is 2. The number of H-pyrrole nitrogens is 1. The zero-order valence-corrected chi connectivity index (χ0v) is 15.4. The van der Waals surface area contributed by atoms with Gasteiger partial charge in [0.2, 0.25) is 5.91 Å². The van der Waals surface area contributed by atoms with E-state index in [0.717, 1.165) is 39.8 Å². The van der Waals surface area contributed by atoms with Crippen molar-refractivity contribution in [1.29, 1.82) is 0 Å². The van der Waals surface area contributed by atoms with E-state index < -0.39 is 5.54 Å². The Kier molecular flexibility index (Phi) is 3.26. The molecule has 0 radical (unpaired) electrons. The van der Waals surface area contributed by atoms with Crippen molar-refractivity contribution in [3.05, 3.63) is 65.4 Å². The molecule has 0 bridgehead atoms. The van der Waals surface area contributed by atoms with E-state index in [9.17, 15) is 9.59 Å². The lowest BCUT2D eigenvalue weighted by molar-refractivity contribution is -0.146. The summed E-state index contributed by atoms with van der Waals surface area (Å²) in [5.74, 6) is -0.357. The Hall–Kier alpha value is -3.08. The van der Waals surface area contributed by atoms with E-state index in [1.165, 1.54) is 0 Å². The number of anilines is 1. The molecule has 136 valence electrons. The third kappa shape index (κ3) is 1.94. The summed E-state index contributed by atoms with van der Waals surface area (Å²) in [6.45, 7) is 4.29. The molecule has 5 rings (SSSR count). The largest absolute Gasteiger partial charge is 0.355 e. The number of aromatic nitrogens is 1. The summed E-state index contributed by atoms with van der Waals surface area (Å²) in [6, 6.07) is 15.8. The van der Waals surface area contributed by atoms with Crippen LogP contribution in [0.4, 0.5) is 5.69 Å². The van der Waals surface area contributed by atoms with Crippen LogP contribution >= 0.6 is 0 Å². The van der Waals surface area contributed by atoms with E-state index in [2.05, 4.69) is 16.4 Å². The topological polar surface area (TPSA) is 65.2 Å². The number of hydrogen-bond donors (Lipinski definition) is 2. The highest BCUT2D eigenvalue weighted by Gasteiger charge is 2.58. The van der Waals surface area contributed by atoms with Crippen LogP contribution in [0, 0.1) is 5.92 Å². The Bertz CT molecular complexity index is 1100. The van der Waals surface area contributed by atoms with Gasteiger partial charge in [-0.2, -0.15) is 0 Å². The van der Waals surface area contributed by atoms with Crippen molar-refractivity contribution in [2.24, 2.45) is 5.92 Å². The second-order valence-corrected chi connectivity index (χ2v) is 7.63. The van der Waals surface area contributed by atoms with Gasteiger partial charge < -0.3 is 15.2 Å². The first-order chi connectivity index (χ1) is 13.0. The van der Waals surface area contributed by atoms with Crippen molar-refractivity contribution in [2.45, 2.75) is 25.8 Å². The van der Waals surface area contributed by atoms with Gasteiger partial charge in [0, 0.05) is 34.6 Å². The van der Waals surface area contributed by atoms with Gasteiger partial charge in [0.15, 0.2) is 5.54 Å². The number of fused-ring (bicyclic) bond motifs is 6. The molecule has 5 nitrogen and oxygen atoms in total. The predicted molar refractivity (Wildman–Crippen MR) is 104 cm³/mol. The molecule has 1 atom stereocenters. The lowest BCUT2D eigenvalue weighted by Crippen LogP contribution is -2.58. The molecular weight excluding hydrogens is 338 g/mol. The fraction of sp³-hybridized carbons (Fsp3) is 0.273. The SMILES string of the molecule is CC(C)C(=O)N1CCc2c([nH]c3ccccc23)[C@]12C(=O)Nc1ccccc12. The van der Waals surface area contributed by atoms with Gasteiger partial charge in [-0.15, -0.1) is 0 Å². The normalized spacial score (nSPS) is 20.9. The highest BCUT2D eigenvalue weighted by atomic mass is 16.2. The zero-order valence-electron chi connectivity index (χ0n) is 15.4. The molecule has 0 unspecified atom stereocenters. The van der Waals surface area contributed by atoms with E-state index in [1.54, 1.807) is 4.90 Å². The maximum atomic E-state index is 13.5. The number of amides is 2.